The largest absolute Gasteiger partial charge is 0.294 e. The molecular formula is C26H19ClN4O4S2. The molecule has 1 N–H and O–H groups in total. The Morgan fingerprint density at radius 2 is 1.78 bits per heavy atom. The van der Waals surface area contributed by atoms with Gasteiger partial charge in [-0.05, 0) is 42.0 Å². The minimum Gasteiger partial charge on any atom is -0.282 e. The monoisotopic (exact) mass is 550 g/mol. The van der Waals surface area contributed by atoms with Crippen molar-refractivity contribution in [3.8, 4) is 0 Å². The first-order valence-electron chi connectivity index (χ1n) is 11.3. The van der Waals surface area contributed by atoms with E-state index >= 15 is 0 Å². The van der Waals surface area contributed by atoms with Gasteiger partial charge in [0.15, 0.2) is 16.2 Å². The molecule has 186 valence electrons. The van der Waals surface area contributed by atoms with Crippen LogP contribution in [0.4, 0.5) is 10.8 Å². The van der Waals surface area contributed by atoms with E-state index in [1.54, 1.807) is 16.0 Å². The summed E-state index contributed by atoms with van der Waals surface area (Å²) in [7, 11) is -4.46. The van der Waals surface area contributed by atoms with Gasteiger partial charge >= 0.3 is 0 Å². The van der Waals surface area contributed by atoms with Crippen LogP contribution in [-0.2, 0) is 14.9 Å². The number of halogens is 1. The van der Waals surface area contributed by atoms with E-state index in [4.69, 9.17) is 16.7 Å². The zero-order valence-electron chi connectivity index (χ0n) is 19.1. The van der Waals surface area contributed by atoms with Crippen LogP contribution in [0.25, 0.3) is 16.3 Å². The smallest absolute Gasteiger partial charge is 0.282 e. The van der Waals surface area contributed by atoms with Crippen molar-refractivity contribution >= 4 is 71.8 Å². The summed E-state index contributed by atoms with van der Waals surface area (Å²) >= 11 is 8.11. The highest BCUT2D eigenvalue weighted by molar-refractivity contribution is 7.85. The molecule has 1 fully saturated rings. The molecule has 0 radical (unpaired) electrons. The summed E-state index contributed by atoms with van der Waals surface area (Å²) in [4.78, 5) is 19.2. The lowest BCUT2D eigenvalue weighted by molar-refractivity contribution is -0.126. The number of thiazole rings is 1. The maximum atomic E-state index is 13.2. The van der Waals surface area contributed by atoms with E-state index in [-0.39, 0.29) is 17.2 Å². The van der Waals surface area contributed by atoms with E-state index in [9.17, 15) is 17.8 Å². The highest BCUT2D eigenvalue weighted by Gasteiger charge is 2.67. The van der Waals surface area contributed by atoms with E-state index in [1.807, 2.05) is 66.7 Å². The lowest BCUT2D eigenvalue weighted by Crippen LogP contribution is -2.78. The highest BCUT2D eigenvalue weighted by atomic mass is 35.5. The van der Waals surface area contributed by atoms with Crippen molar-refractivity contribution in [1.29, 1.82) is 0 Å². The molecule has 3 aromatic carbocycles. The van der Waals surface area contributed by atoms with Crippen LogP contribution in [0.1, 0.15) is 12.0 Å². The molecular weight excluding hydrogens is 532 g/mol. The van der Waals surface area contributed by atoms with E-state index < -0.39 is 21.2 Å². The second-order valence-electron chi connectivity index (χ2n) is 8.68. The first-order chi connectivity index (χ1) is 17.8. The molecule has 4 aromatic rings. The van der Waals surface area contributed by atoms with Crippen molar-refractivity contribution in [2.45, 2.75) is 22.4 Å². The molecule has 2 unspecified atom stereocenters. The van der Waals surface area contributed by atoms with Crippen LogP contribution >= 0.6 is 22.9 Å². The van der Waals surface area contributed by atoms with Crippen LogP contribution in [0, 0.1) is 0 Å². The highest BCUT2D eigenvalue weighted by Crippen LogP contribution is 2.51. The molecule has 0 saturated carbocycles. The van der Waals surface area contributed by atoms with Gasteiger partial charge in [0.25, 0.3) is 16.0 Å². The molecule has 2 atom stereocenters. The number of hydrogen-bond acceptors (Lipinski definition) is 7. The number of fused-ring (bicyclic) bond motifs is 1. The molecule has 8 nitrogen and oxygen atoms in total. The summed E-state index contributed by atoms with van der Waals surface area (Å²) in [5.74, 6) is -0.319. The number of rotatable bonds is 5. The Bertz CT molecular complexity index is 1670. The third kappa shape index (κ3) is 3.93. The van der Waals surface area contributed by atoms with Gasteiger partial charge in [0.1, 0.15) is 0 Å². The van der Waals surface area contributed by atoms with Crippen molar-refractivity contribution in [1.82, 2.24) is 4.98 Å². The van der Waals surface area contributed by atoms with Gasteiger partial charge in [0.2, 0.25) is 0 Å². The van der Waals surface area contributed by atoms with E-state index in [1.165, 1.54) is 29.5 Å². The summed E-state index contributed by atoms with van der Waals surface area (Å²) in [5, 5.41) is 5.84. The van der Waals surface area contributed by atoms with Gasteiger partial charge in [-0.1, -0.05) is 65.9 Å². The van der Waals surface area contributed by atoms with Gasteiger partial charge in [-0.2, -0.15) is 13.5 Å². The van der Waals surface area contributed by atoms with Crippen LogP contribution < -0.4 is 9.91 Å². The molecule has 2 aliphatic heterocycles. The second-order valence-corrected chi connectivity index (χ2v) is 11.5. The number of hydrazone groups is 1. The Hall–Kier alpha value is -3.57. The standard InChI is InChI=1S/C26H19ClN4O4S2/c27-23-24(32)30(25-28-21-11-4-5-12-22(21)36-25)26(23)16-18(14-13-17-7-2-1-3-8-17)29-31(26)19-9-6-10-20(15-19)37(33,34)35/h1-15,23H,16H2,(H,33,34,35). The molecule has 0 bridgehead atoms. The number of benzene rings is 3. The fourth-order valence-corrected chi connectivity index (χ4v) is 6.56. The van der Waals surface area contributed by atoms with Crippen molar-refractivity contribution < 1.29 is 17.8 Å². The lowest BCUT2D eigenvalue weighted by atomic mass is 9.87. The SMILES string of the molecule is O=C1C(Cl)C2(CC(C=Cc3ccccc3)=NN2c2cccc(S(=O)(=O)O)c2)N1c1nc2ccccc2s1. The maximum absolute atomic E-state index is 13.2. The number of amides is 1. The molecule has 1 saturated heterocycles. The summed E-state index contributed by atoms with van der Waals surface area (Å²) < 4.78 is 34.3. The summed E-state index contributed by atoms with van der Waals surface area (Å²) in [6.45, 7) is 0. The van der Waals surface area contributed by atoms with Crippen molar-refractivity contribution in [2.24, 2.45) is 5.10 Å². The quantitative estimate of drug-likeness (QED) is 0.209. The molecule has 37 heavy (non-hydrogen) atoms. The number of nitrogens with zero attached hydrogens (tertiary/aromatic N) is 4. The summed E-state index contributed by atoms with van der Waals surface area (Å²) in [5.41, 5.74) is 1.58. The molecule has 0 aliphatic carbocycles. The fourth-order valence-electron chi connectivity index (χ4n) is 4.63. The van der Waals surface area contributed by atoms with Crippen molar-refractivity contribution in [2.75, 3.05) is 9.91 Å². The van der Waals surface area contributed by atoms with Gasteiger partial charge in [0, 0.05) is 6.42 Å². The average molecular weight is 551 g/mol. The Morgan fingerprint density at radius 3 is 2.54 bits per heavy atom. The number of carbonyl (C=O) groups excluding carboxylic acids is 1. The molecule has 2 aliphatic rings. The number of para-hydroxylation sites is 1. The number of anilines is 2. The van der Waals surface area contributed by atoms with Crippen molar-refractivity contribution in [3.05, 3.63) is 90.5 Å². The predicted molar refractivity (Wildman–Crippen MR) is 146 cm³/mol. The fraction of sp³-hybridized carbons (Fsp3) is 0.115. The van der Waals surface area contributed by atoms with E-state index in [0.29, 0.717) is 16.5 Å². The number of aromatic nitrogens is 1. The molecule has 6 rings (SSSR count). The molecule has 11 heteroatoms. The Labute approximate surface area is 221 Å². The van der Waals surface area contributed by atoms with Gasteiger partial charge in [-0.25, -0.2) is 9.99 Å². The minimum atomic E-state index is -4.46. The van der Waals surface area contributed by atoms with Crippen LogP contribution in [-0.4, -0.2) is 40.6 Å². The number of carbonyl (C=O) groups is 1. The van der Waals surface area contributed by atoms with E-state index in [2.05, 4.69) is 4.98 Å². The van der Waals surface area contributed by atoms with E-state index in [0.717, 1.165) is 15.8 Å². The number of β-lactam (4-membered cyclic amide) rings is 1. The summed E-state index contributed by atoms with van der Waals surface area (Å²) in [6, 6.07) is 23.1. The Kier molecular flexibility index (Phi) is 5.64. The Morgan fingerprint density at radius 1 is 1.03 bits per heavy atom. The number of alkyl halides is 1. The van der Waals surface area contributed by atoms with Gasteiger partial charge in [-0.15, -0.1) is 11.6 Å². The molecule has 1 aromatic heterocycles. The topological polar surface area (TPSA) is 103 Å². The van der Waals surface area contributed by atoms with Gasteiger partial charge in [0.05, 0.1) is 26.5 Å². The summed E-state index contributed by atoms with van der Waals surface area (Å²) in [6.07, 6.45) is 4.05. The van der Waals surface area contributed by atoms with Crippen LogP contribution in [0.2, 0.25) is 0 Å². The molecule has 1 spiro atoms. The second kappa shape index (κ2) is 8.77. The zero-order chi connectivity index (χ0) is 25.8. The lowest BCUT2D eigenvalue weighted by Gasteiger charge is -2.55. The Balaban J connectivity index is 1.48. The number of allylic oxidation sites excluding steroid dienone is 1. The van der Waals surface area contributed by atoms with Crippen LogP contribution in [0.3, 0.4) is 0 Å². The van der Waals surface area contributed by atoms with Gasteiger partial charge < -0.3 is 0 Å². The zero-order valence-corrected chi connectivity index (χ0v) is 21.5. The predicted octanol–water partition coefficient (Wildman–Crippen LogP) is 5.17. The van der Waals surface area contributed by atoms with Crippen LogP contribution in [0.15, 0.2) is 94.9 Å². The maximum Gasteiger partial charge on any atom is 0.294 e. The normalized spacial score (nSPS) is 21.7. The van der Waals surface area contributed by atoms with Crippen molar-refractivity contribution in [3.63, 3.8) is 0 Å². The van der Waals surface area contributed by atoms with Crippen LogP contribution in [0.5, 0.6) is 0 Å². The first kappa shape index (κ1) is 23.8. The number of hydrogen-bond donors (Lipinski definition) is 1. The third-order valence-corrected chi connectivity index (χ3v) is 8.78. The molecule has 1 amide bonds. The molecule has 3 heterocycles. The average Bonchev–Trinajstić information content (AvgIpc) is 3.50. The van der Waals surface area contributed by atoms with Gasteiger partial charge in [-0.3, -0.25) is 14.2 Å². The third-order valence-electron chi connectivity index (χ3n) is 6.37. The minimum absolute atomic E-state index is 0.280. The first-order valence-corrected chi connectivity index (χ1v) is 14.0.